The molecule has 0 aliphatic heterocycles. The second-order valence-electron chi connectivity index (χ2n) is 6.98. The Labute approximate surface area is 192 Å². The topological polar surface area (TPSA) is 85.7 Å². The van der Waals surface area contributed by atoms with Crippen LogP contribution in [0.2, 0.25) is 5.02 Å². The van der Waals surface area contributed by atoms with Crippen molar-refractivity contribution in [1.82, 2.24) is 5.32 Å². The Balaban J connectivity index is 1.56. The van der Waals surface area contributed by atoms with Gasteiger partial charge in [0.05, 0.1) is 22.2 Å². The first-order chi connectivity index (χ1) is 15.6. The Morgan fingerprint density at radius 1 is 1.00 bits per heavy atom. The Bertz CT molecular complexity index is 1030. The molecule has 3 rings (SSSR count). The van der Waals surface area contributed by atoms with Crippen LogP contribution < -0.4 is 20.1 Å². The zero-order valence-electron chi connectivity index (χ0n) is 17.8. The summed E-state index contributed by atoms with van der Waals surface area (Å²) in [5.41, 5.74) is 2.71. The Morgan fingerprint density at radius 3 is 2.53 bits per heavy atom. The third-order valence-electron chi connectivity index (χ3n) is 4.68. The Kier molecular flexibility index (Phi) is 8.71. The molecule has 0 radical (unpaired) electrons. The van der Waals surface area contributed by atoms with E-state index < -0.39 is 4.92 Å². The third-order valence-corrected chi connectivity index (χ3v) is 5.00. The molecule has 0 saturated carbocycles. The highest BCUT2D eigenvalue weighted by Gasteiger charge is 2.12. The molecule has 0 amide bonds. The van der Waals surface area contributed by atoms with Gasteiger partial charge in [-0.1, -0.05) is 54.1 Å². The molecule has 7 nitrogen and oxygen atoms in total. The van der Waals surface area contributed by atoms with Crippen LogP contribution in [0.15, 0.2) is 66.7 Å². The summed E-state index contributed by atoms with van der Waals surface area (Å²) in [5, 5.41) is 17.7. The van der Waals surface area contributed by atoms with Crippen molar-refractivity contribution < 1.29 is 14.4 Å². The van der Waals surface area contributed by atoms with Crippen molar-refractivity contribution in [3.8, 4) is 11.5 Å². The van der Waals surface area contributed by atoms with Gasteiger partial charge in [-0.25, -0.2) is 0 Å². The minimum atomic E-state index is -0.467. The van der Waals surface area contributed by atoms with E-state index in [0.717, 1.165) is 22.6 Å². The summed E-state index contributed by atoms with van der Waals surface area (Å²) in [7, 11) is 0. The number of halogens is 1. The number of ether oxygens (including phenoxy) is 2. The number of hydrogen-bond acceptors (Lipinski definition) is 6. The first kappa shape index (κ1) is 23.4. The lowest BCUT2D eigenvalue weighted by atomic mass is 10.1. The molecule has 0 spiro atoms. The van der Waals surface area contributed by atoms with Crippen molar-refractivity contribution in [1.29, 1.82) is 0 Å². The van der Waals surface area contributed by atoms with Crippen molar-refractivity contribution in [2.45, 2.75) is 20.1 Å². The van der Waals surface area contributed by atoms with Crippen LogP contribution in [0.25, 0.3) is 0 Å². The van der Waals surface area contributed by atoms with Crippen LogP contribution >= 0.6 is 11.6 Å². The van der Waals surface area contributed by atoms with Crippen LogP contribution in [0.1, 0.15) is 18.1 Å². The summed E-state index contributed by atoms with van der Waals surface area (Å²) in [6.07, 6.45) is 0. The lowest BCUT2D eigenvalue weighted by Crippen LogP contribution is -2.22. The summed E-state index contributed by atoms with van der Waals surface area (Å²) in [5.74, 6) is 1.45. The molecule has 168 valence electrons. The van der Waals surface area contributed by atoms with Crippen molar-refractivity contribution >= 4 is 23.0 Å². The molecule has 0 unspecified atom stereocenters. The number of nitrogens with zero attached hydrogens (tertiary/aromatic N) is 1. The predicted octanol–water partition coefficient (Wildman–Crippen LogP) is 5.43. The molecule has 3 aromatic rings. The second-order valence-corrected chi connectivity index (χ2v) is 7.38. The van der Waals surface area contributed by atoms with E-state index in [1.165, 1.54) is 12.1 Å². The summed E-state index contributed by atoms with van der Waals surface area (Å²) in [4.78, 5) is 10.3. The van der Waals surface area contributed by atoms with Crippen LogP contribution in [0.5, 0.6) is 11.5 Å². The van der Waals surface area contributed by atoms with Gasteiger partial charge in [0, 0.05) is 37.3 Å². The highest BCUT2D eigenvalue weighted by Crippen LogP contribution is 2.32. The van der Waals surface area contributed by atoms with Gasteiger partial charge in [0.1, 0.15) is 6.61 Å². The van der Waals surface area contributed by atoms with Crippen LogP contribution in [-0.4, -0.2) is 24.6 Å². The van der Waals surface area contributed by atoms with Gasteiger partial charge in [-0.3, -0.25) is 10.1 Å². The number of nitrogens with one attached hydrogen (secondary N) is 2. The fourth-order valence-corrected chi connectivity index (χ4v) is 3.37. The molecule has 0 heterocycles. The van der Waals surface area contributed by atoms with Crippen molar-refractivity contribution in [2.24, 2.45) is 0 Å². The van der Waals surface area contributed by atoms with Crippen molar-refractivity contribution in [3.63, 3.8) is 0 Å². The standard InChI is InChI=1S/C24H26ClN3O4/c1-2-31-23-10-6-9-19(24(23)32-17-18-7-4-3-5-8-18)16-26-13-14-27-22-12-11-20(28(29)30)15-21(22)25/h3-12,15,26-27H,2,13-14,16-17H2,1H3. The second kappa shape index (κ2) is 11.9. The van der Waals surface area contributed by atoms with Crippen LogP contribution in [-0.2, 0) is 13.2 Å². The molecule has 0 bridgehead atoms. The molecule has 0 aromatic heterocycles. The highest BCUT2D eigenvalue weighted by atomic mass is 35.5. The van der Waals surface area contributed by atoms with E-state index in [9.17, 15) is 10.1 Å². The quantitative estimate of drug-likeness (QED) is 0.215. The number of non-ortho nitro benzene ring substituents is 1. The normalized spacial score (nSPS) is 10.6. The number of anilines is 1. The van der Waals surface area contributed by atoms with E-state index in [4.69, 9.17) is 21.1 Å². The van der Waals surface area contributed by atoms with E-state index in [1.54, 1.807) is 6.07 Å². The zero-order chi connectivity index (χ0) is 22.8. The smallest absolute Gasteiger partial charge is 0.271 e. The van der Waals surface area contributed by atoms with Gasteiger partial charge in [-0.2, -0.15) is 0 Å². The molecule has 0 saturated heterocycles. The Hall–Kier alpha value is -3.29. The molecule has 0 aliphatic carbocycles. The number of benzene rings is 3. The number of hydrogen-bond donors (Lipinski definition) is 2. The average molecular weight is 456 g/mol. The molecule has 0 aliphatic rings. The SMILES string of the molecule is CCOc1cccc(CNCCNc2ccc([N+](=O)[O-])cc2Cl)c1OCc1ccccc1. The third kappa shape index (κ3) is 6.60. The van der Waals surface area contributed by atoms with Gasteiger partial charge >= 0.3 is 0 Å². The molecule has 0 atom stereocenters. The van der Waals surface area contributed by atoms with E-state index in [-0.39, 0.29) is 5.69 Å². The minimum absolute atomic E-state index is 0.0316. The maximum absolute atomic E-state index is 10.8. The highest BCUT2D eigenvalue weighted by molar-refractivity contribution is 6.33. The molecular weight excluding hydrogens is 430 g/mol. The van der Waals surface area contributed by atoms with Crippen LogP contribution in [0, 0.1) is 10.1 Å². The summed E-state index contributed by atoms with van der Waals surface area (Å²) >= 11 is 6.12. The summed E-state index contributed by atoms with van der Waals surface area (Å²) in [6.45, 7) is 4.81. The molecule has 32 heavy (non-hydrogen) atoms. The van der Waals surface area contributed by atoms with E-state index in [1.807, 2.05) is 55.5 Å². The number of nitro groups is 1. The molecule has 3 aromatic carbocycles. The van der Waals surface area contributed by atoms with E-state index in [2.05, 4.69) is 10.6 Å². The van der Waals surface area contributed by atoms with Crippen molar-refractivity contribution in [3.05, 3.63) is 93.0 Å². The molecule has 2 N–H and O–H groups in total. The fourth-order valence-electron chi connectivity index (χ4n) is 3.13. The van der Waals surface area contributed by atoms with Gasteiger partial charge < -0.3 is 20.1 Å². The lowest BCUT2D eigenvalue weighted by molar-refractivity contribution is -0.384. The lowest BCUT2D eigenvalue weighted by Gasteiger charge is -2.17. The first-order valence-corrected chi connectivity index (χ1v) is 10.8. The molecule has 8 heteroatoms. The zero-order valence-corrected chi connectivity index (χ0v) is 18.6. The van der Waals surface area contributed by atoms with E-state index in [0.29, 0.717) is 43.6 Å². The van der Waals surface area contributed by atoms with Gasteiger partial charge in [-0.15, -0.1) is 0 Å². The average Bonchev–Trinajstić information content (AvgIpc) is 2.80. The maximum Gasteiger partial charge on any atom is 0.271 e. The summed E-state index contributed by atoms with van der Waals surface area (Å²) in [6, 6.07) is 20.2. The Morgan fingerprint density at radius 2 is 1.81 bits per heavy atom. The monoisotopic (exact) mass is 455 g/mol. The van der Waals surface area contributed by atoms with E-state index >= 15 is 0 Å². The van der Waals surface area contributed by atoms with Crippen LogP contribution in [0.4, 0.5) is 11.4 Å². The first-order valence-electron chi connectivity index (χ1n) is 10.4. The van der Waals surface area contributed by atoms with Gasteiger partial charge in [-0.05, 0) is 24.6 Å². The van der Waals surface area contributed by atoms with Gasteiger partial charge in [0.15, 0.2) is 11.5 Å². The predicted molar refractivity (Wildman–Crippen MR) is 127 cm³/mol. The minimum Gasteiger partial charge on any atom is -0.490 e. The van der Waals surface area contributed by atoms with Gasteiger partial charge in [0.25, 0.3) is 5.69 Å². The molecular formula is C24H26ClN3O4. The number of para-hydroxylation sites is 1. The largest absolute Gasteiger partial charge is 0.490 e. The summed E-state index contributed by atoms with van der Waals surface area (Å²) < 4.78 is 11.9. The van der Waals surface area contributed by atoms with Crippen LogP contribution in [0.3, 0.4) is 0 Å². The maximum atomic E-state index is 10.8. The fraction of sp³-hybridized carbons (Fsp3) is 0.250. The molecule has 0 fully saturated rings. The number of nitro benzene ring substituents is 1. The number of rotatable bonds is 12. The van der Waals surface area contributed by atoms with Crippen molar-refractivity contribution in [2.75, 3.05) is 25.0 Å². The van der Waals surface area contributed by atoms with Gasteiger partial charge in [0.2, 0.25) is 0 Å².